The lowest BCUT2D eigenvalue weighted by Crippen LogP contribution is -2.25. The van der Waals surface area contributed by atoms with E-state index in [4.69, 9.17) is 4.84 Å². The van der Waals surface area contributed by atoms with Crippen molar-refractivity contribution in [3.63, 3.8) is 0 Å². The number of Topliss-reactive ketones (excluding diaryl/α,β-unsaturated/α-hetero) is 1. The summed E-state index contributed by atoms with van der Waals surface area (Å²) in [6.07, 6.45) is 0. The first-order valence-electron chi connectivity index (χ1n) is 9.51. The van der Waals surface area contributed by atoms with E-state index in [0.717, 1.165) is 36.1 Å². The highest BCUT2D eigenvalue weighted by Gasteiger charge is 2.15. The quantitative estimate of drug-likeness (QED) is 0.206. The topological polar surface area (TPSA) is 46.6 Å². The van der Waals surface area contributed by atoms with Gasteiger partial charge >= 0.3 is 0 Å². The summed E-state index contributed by atoms with van der Waals surface area (Å²) in [5, 5.41) is 5.27. The van der Waals surface area contributed by atoms with Gasteiger partial charge in [0.2, 0.25) is 0 Å². The summed E-state index contributed by atoms with van der Waals surface area (Å²) in [5.41, 5.74) is 1.40. The third-order valence-corrected chi connectivity index (χ3v) is 5.74. The Bertz CT molecular complexity index is 1270. The molecule has 0 aliphatic heterocycles. The number of benzene rings is 4. The number of carbonyl (C=O) groups excluding carboxylic acids is 2. The molecule has 0 aliphatic carbocycles. The highest BCUT2D eigenvalue weighted by Crippen LogP contribution is 2.26. The number of ketones is 1. The standard InChI is InChI=1S/C13H12BrNO2.C12H9BrO/c1-15(17-2)13(16)12-8-10(14)7-9-5-3-4-6-11(9)12;1-8(14)12-7-10(13)6-9-4-2-3-5-11(9)12/h3-8H,1-2H3;2-7H,1H3. The van der Waals surface area contributed by atoms with Crippen LogP contribution in [0.1, 0.15) is 27.6 Å². The predicted octanol–water partition coefficient (Wildman–Crippen LogP) is 7.04. The van der Waals surface area contributed by atoms with Gasteiger partial charge in [0, 0.05) is 21.6 Å². The smallest absolute Gasteiger partial charge is 0.277 e. The molecule has 0 unspecified atom stereocenters. The van der Waals surface area contributed by atoms with E-state index in [2.05, 4.69) is 31.9 Å². The molecule has 4 aromatic carbocycles. The number of nitrogens with zero attached hydrogens (tertiary/aromatic N) is 1. The number of carbonyl (C=O) groups is 2. The fraction of sp³-hybridized carbons (Fsp3) is 0.120. The number of amides is 1. The van der Waals surface area contributed by atoms with Crippen LogP contribution >= 0.6 is 31.9 Å². The first kappa shape index (κ1) is 23.1. The summed E-state index contributed by atoms with van der Waals surface area (Å²) in [6, 6.07) is 23.3. The SMILES string of the molecule is CC(=O)c1cc(Br)cc2ccccc12.CON(C)C(=O)c1cc(Br)cc2ccccc12. The van der Waals surface area contributed by atoms with Crippen LogP contribution in [-0.2, 0) is 4.84 Å². The summed E-state index contributed by atoms with van der Waals surface area (Å²) in [6.45, 7) is 1.59. The molecule has 6 heteroatoms. The van der Waals surface area contributed by atoms with E-state index in [1.54, 1.807) is 20.0 Å². The molecule has 0 fully saturated rings. The van der Waals surface area contributed by atoms with Crippen molar-refractivity contribution in [3.8, 4) is 0 Å². The minimum atomic E-state index is -0.162. The van der Waals surface area contributed by atoms with Gasteiger partial charge in [-0.25, -0.2) is 5.06 Å². The van der Waals surface area contributed by atoms with Crippen LogP contribution in [-0.4, -0.2) is 30.9 Å². The minimum absolute atomic E-state index is 0.0995. The van der Waals surface area contributed by atoms with Crippen molar-refractivity contribution in [1.29, 1.82) is 0 Å². The molecule has 1 amide bonds. The van der Waals surface area contributed by atoms with Crippen LogP contribution in [0.5, 0.6) is 0 Å². The summed E-state index contributed by atoms with van der Waals surface area (Å²) < 4.78 is 1.82. The molecule has 0 atom stereocenters. The Hall–Kier alpha value is -2.54. The third kappa shape index (κ3) is 5.39. The fourth-order valence-corrected chi connectivity index (χ4v) is 4.22. The van der Waals surface area contributed by atoms with Crippen molar-refractivity contribution < 1.29 is 14.4 Å². The molecule has 31 heavy (non-hydrogen) atoms. The van der Waals surface area contributed by atoms with Crippen LogP contribution in [0.15, 0.2) is 81.7 Å². The van der Waals surface area contributed by atoms with E-state index >= 15 is 0 Å². The average Bonchev–Trinajstić information content (AvgIpc) is 2.77. The van der Waals surface area contributed by atoms with Crippen LogP contribution in [0.3, 0.4) is 0 Å². The molecule has 0 saturated carbocycles. The Morgan fingerprint density at radius 3 is 1.71 bits per heavy atom. The van der Waals surface area contributed by atoms with Gasteiger partial charge in [-0.15, -0.1) is 0 Å². The molecule has 4 nitrogen and oxygen atoms in total. The van der Waals surface area contributed by atoms with Crippen molar-refractivity contribution in [2.75, 3.05) is 14.2 Å². The minimum Gasteiger partial charge on any atom is -0.294 e. The largest absolute Gasteiger partial charge is 0.294 e. The van der Waals surface area contributed by atoms with Crippen LogP contribution in [0.4, 0.5) is 0 Å². The lowest BCUT2D eigenvalue weighted by molar-refractivity contribution is -0.0755. The number of halogens is 2. The van der Waals surface area contributed by atoms with Gasteiger partial charge in [0.15, 0.2) is 5.78 Å². The van der Waals surface area contributed by atoms with E-state index in [1.807, 2.05) is 66.7 Å². The van der Waals surface area contributed by atoms with Gasteiger partial charge in [0.05, 0.1) is 12.7 Å². The maximum absolute atomic E-state index is 12.1. The molecule has 158 valence electrons. The van der Waals surface area contributed by atoms with Gasteiger partial charge < -0.3 is 0 Å². The van der Waals surface area contributed by atoms with Gasteiger partial charge in [-0.1, -0.05) is 80.4 Å². The average molecular weight is 543 g/mol. The maximum Gasteiger partial charge on any atom is 0.277 e. The summed E-state index contributed by atoms with van der Waals surface area (Å²) in [7, 11) is 3.07. The lowest BCUT2D eigenvalue weighted by Gasteiger charge is -2.15. The van der Waals surface area contributed by atoms with Crippen molar-refractivity contribution in [1.82, 2.24) is 5.06 Å². The van der Waals surface area contributed by atoms with Crippen molar-refractivity contribution in [2.24, 2.45) is 0 Å². The third-order valence-electron chi connectivity index (χ3n) is 4.82. The summed E-state index contributed by atoms with van der Waals surface area (Å²) >= 11 is 6.81. The van der Waals surface area contributed by atoms with Crippen LogP contribution < -0.4 is 0 Å². The van der Waals surface area contributed by atoms with Gasteiger partial charge in [-0.3, -0.25) is 14.4 Å². The van der Waals surface area contributed by atoms with Crippen molar-refractivity contribution in [3.05, 3.63) is 92.9 Å². The van der Waals surface area contributed by atoms with Gasteiger partial charge in [-0.05, 0) is 52.7 Å². The zero-order valence-corrected chi connectivity index (χ0v) is 20.5. The second-order valence-corrected chi connectivity index (χ2v) is 8.72. The Morgan fingerprint density at radius 1 is 0.774 bits per heavy atom. The normalized spacial score (nSPS) is 10.5. The number of hydroxylamine groups is 2. The fourth-order valence-electron chi connectivity index (χ4n) is 3.27. The molecule has 4 aromatic rings. The second-order valence-electron chi connectivity index (χ2n) is 6.89. The number of rotatable bonds is 3. The zero-order valence-electron chi connectivity index (χ0n) is 17.4. The Labute approximate surface area is 198 Å². The highest BCUT2D eigenvalue weighted by atomic mass is 79.9. The maximum atomic E-state index is 12.1. The van der Waals surface area contributed by atoms with Crippen molar-refractivity contribution in [2.45, 2.75) is 6.92 Å². The molecule has 0 radical (unpaired) electrons. The molecule has 0 saturated heterocycles. The molecular weight excluding hydrogens is 522 g/mol. The van der Waals surface area contributed by atoms with Gasteiger partial charge in [0.1, 0.15) is 0 Å². The zero-order chi connectivity index (χ0) is 22.5. The molecule has 0 spiro atoms. The Morgan fingerprint density at radius 2 is 1.23 bits per heavy atom. The van der Waals surface area contributed by atoms with Crippen molar-refractivity contribution >= 4 is 65.1 Å². The molecular formula is C25H21Br2NO3. The number of hydrogen-bond donors (Lipinski definition) is 0. The lowest BCUT2D eigenvalue weighted by atomic mass is 10.0. The summed E-state index contributed by atoms with van der Waals surface area (Å²) in [5.74, 6) is -0.0625. The first-order valence-corrected chi connectivity index (χ1v) is 11.1. The van der Waals surface area contributed by atoms with Crippen LogP contribution in [0.2, 0.25) is 0 Å². The van der Waals surface area contributed by atoms with E-state index in [1.165, 1.54) is 12.2 Å². The molecule has 0 bridgehead atoms. The van der Waals surface area contributed by atoms with Gasteiger partial charge in [-0.2, -0.15) is 0 Å². The van der Waals surface area contributed by atoms with E-state index in [9.17, 15) is 9.59 Å². The molecule has 0 heterocycles. The van der Waals surface area contributed by atoms with E-state index in [-0.39, 0.29) is 11.7 Å². The van der Waals surface area contributed by atoms with E-state index < -0.39 is 0 Å². The molecule has 0 aromatic heterocycles. The Balaban J connectivity index is 0.000000179. The number of fused-ring (bicyclic) bond motifs is 2. The van der Waals surface area contributed by atoms with Crippen LogP contribution in [0, 0.1) is 0 Å². The van der Waals surface area contributed by atoms with Crippen LogP contribution in [0.25, 0.3) is 21.5 Å². The molecule has 0 aliphatic rings. The predicted molar refractivity (Wildman–Crippen MR) is 132 cm³/mol. The highest BCUT2D eigenvalue weighted by molar-refractivity contribution is 9.10. The Kier molecular flexibility index (Phi) is 7.59. The van der Waals surface area contributed by atoms with E-state index in [0.29, 0.717) is 5.56 Å². The molecule has 0 N–H and O–H groups in total. The summed E-state index contributed by atoms with van der Waals surface area (Å²) in [4.78, 5) is 28.4. The first-order chi connectivity index (χ1) is 14.8. The molecule has 4 rings (SSSR count). The van der Waals surface area contributed by atoms with Gasteiger partial charge in [0.25, 0.3) is 5.91 Å². The monoisotopic (exact) mass is 541 g/mol. The number of hydrogen-bond acceptors (Lipinski definition) is 3. The second kappa shape index (κ2) is 10.2.